The Hall–Kier alpha value is -5.70. The third-order valence-corrected chi connectivity index (χ3v) is 12.0. The number of nitrogens with zero attached hydrogens (tertiary/aromatic N) is 11. The lowest BCUT2D eigenvalue weighted by Gasteiger charge is -2.34. The third-order valence-electron chi connectivity index (χ3n) is 12.0. The van der Waals surface area contributed by atoms with Crippen LogP contribution in [0.15, 0.2) is 134 Å². The number of aromatic nitrogens is 9. The van der Waals surface area contributed by atoms with Gasteiger partial charge in [0.25, 0.3) is 0 Å². The number of fused-ring (bicyclic) bond motifs is 2. The SMILES string of the molecule is Cl.NCCCCN(Cc1cn(-c2ccccc2)nn1)C1CCCc2cccnc21.c1ccc(-n2cc(CN(CCCCNCc3ccccn3)C3CCCc4cccnc43)nn2)cc1. The maximum atomic E-state index is 5.73. The first-order chi connectivity index (χ1) is 31.2. The molecule has 3 N–H and O–H groups in total. The minimum atomic E-state index is 0. The van der Waals surface area contributed by atoms with Crippen molar-refractivity contribution in [2.75, 3.05) is 26.2 Å². The van der Waals surface area contributed by atoms with Crippen LogP contribution in [0.3, 0.4) is 0 Å². The fraction of sp³-hybridized carbons (Fsp3) is 0.380. The monoisotopic (exact) mass is 879 g/mol. The van der Waals surface area contributed by atoms with Crippen molar-refractivity contribution in [3.05, 3.63) is 174 Å². The van der Waals surface area contributed by atoms with E-state index in [0.717, 1.165) is 126 Å². The lowest BCUT2D eigenvalue weighted by atomic mass is 9.90. The van der Waals surface area contributed by atoms with E-state index in [1.54, 1.807) is 0 Å². The summed E-state index contributed by atoms with van der Waals surface area (Å²) >= 11 is 0. The van der Waals surface area contributed by atoms with Gasteiger partial charge in [-0.2, -0.15) is 0 Å². The molecule has 7 aromatic rings. The first-order valence-electron chi connectivity index (χ1n) is 22.8. The number of benzene rings is 2. The van der Waals surface area contributed by atoms with Crippen LogP contribution in [0.1, 0.15) is 103 Å². The number of aryl methyl sites for hydroxylation is 2. The van der Waals surface area contributed by atoms with Crippen LogP contribution in [-0.4, -0.2) is 80.9 Å². The van der Waals surface area contributed by atoms with E-state index < -0.39 is 0 Å². The second-order valence-electron chi connectivity index (χ2n) is 16.5. The summed E-state index contributed by atoms with van der Waals surface area (Å²) in [7, 11) is 0. The van der Waals surface area contributed by atoms with Gasteiger partial charge >= 0.3 is 0 Å². The minimum Gasteiger partial charge on any atom is -0.330 e. The van der Waals surface area contributed by atoms with Crippen LogP contribution < -0.4 is 11.1 Å². The Labute approximate surface area is 384 Å². The number of hydrogen-bond acceptors (Lipinski definition) is 11. The topological polar surface area (TPSA) is 145 Å². The van der Waals surface area contributed by atoms with E-state index in [1.165, 1.54) is 35.4 Å². The first kappa shape index (κ1) is 46.3. The maximum Gasteiger partial charge on any atom is 0.0972 e. The minimum absolute atomic E-state index is 0. The van der Waals surface area contributed by atoms with Gasteiger partial charge in [0.2, 0.25) is 0 Å². The molecular formula is C50H62ClN13. The zero-order chi connectivity index (χ0) is 42.9. The molecule has 0 fully saturated rings. The molecule has 0 bridgehead atoms. The van der Waals surface area contributed by atoms with Crippen molar-refractivity contribution in [2.45, 2.75) is 95.9 Å². The van der Waals surface area contributed by atoms with Gasteiger partial charge in [-0.1, -0.05) is 65.0 Å². The molecular weight excluding hydrogens is 818 g/mol. The highest BCUT2D eigenvalue weighted by Crippen LogP contribution is 2.35. The molecule has 0 aliphatic heterocycles. The van der Waals surface area contributed by atoms with Crippen LogP contribution in [0.2, 0.25) is 0 Å². The second-order valence-corrected chi connectivity index (χ2v) is 16.5. The average Bonchev–Trinajstić information content (AvgIpc) is 4.03. The van der Waals surface area contributed by atoms with E-state index in [1.807, 2.05) is 101 Å². The van der Waals surface area contributed by atoms with Crippen molar-refractivity contribution in [3.8, 4) is 11.4 Å². The summed E-state index contributed by atoms with van der Waals surface area (Å²) in [5.74, 6) is 0. The Morgan fingerprint density at radius 3 is 1.59 bits per heavy atom. The molecule has 2 unspecified atom stereocenters. The van der Waals surface area contributed by atoms with Crippen LogP contribution in [0, 0.1) is 0 Å². The third kappa shape index (κ3) is 12.7. The summed E-state index contributed by atoms with van der Waals surface area (Å²) in [5.41, 5.74) is 16.1. The number of pyridine rings is 3. The molecule has 2 aliphatic carbocycles. The lowest BCUT2D eigenvalue weighted by molar-refractivity contribution is 0.160. The zero-order valence-electron chi connectivity index (χ0n) is 36.8. The largest absolute Gasteiger partial charge is 0.330 e. The molecule has 0 spiro atoms. The van der Waals surface area contributed by atoms with Gasteiger partial charge in [-0.3, -0.25) is 24.8 Å². The van der Waals surface area contributed by atoms with E-state index >= 15 is 0 Å². The molecule has 2 aromatic carbocycles. The van der Waals surface area contributed by atoms with Crippen LogP contribution in [0.4, 0.5) is 0 Å². The smallest absolute Gasteiger partial charge is 0.0972 e. The number of hydrogen-bond donors (Lipinski definition) is 2. The highest BCUT2D eigenvalue weighted by atomic mass is 35.5. The molecule has 334 valence electrons. The van der Waals surface area contributed by atoms with E-state index in [9.17, 15) is 0 Å². The van der Waals surface area contributed by atoms with Crippen molar-refractivity contribution in [3.63, 3.8) is 0 Å². The predicted octanol–water partition coefficient (Wildman–Crippen LogP) is 8.21. The van der Waals surface area contributed by atoms with E-state index in [4.69, 9.17) is 15.7 Å². The Kier molecular flexibility index (Phi) is 17.6. The molecule has 2 atom stereocenters. The van der Waals surface area contributed by atoms with E-state index in [0.29, 0.717) is 12.1 Å². The number of halogens is 1. The molecule has 0 radical (unpaired) electrons. The molecule has 0 saturated heterocycles. The van der Waals surface area contributed by atoms with Gasteiger partial charge in [0.1, 0.15) is 0 Å². The number of unbranched alkanes of at least 4 members (excludes halogenated alkanes) is 2. The molecule has 14 heteroatoms. The summed E-state index contributed by atoms with van der Waals surface area (Å²) in [6.45, 7) is 6.08. The standard InChI is InChI=1S/C28H33N7.C22H28N6.ClH/c1-2-13-26(14-3-1)35-22-25(32-33-35)21-34(27-15-8-10-23-11-9-18-31-28(23)27)19-7-6-16-29-20-24-12-4-5-17-30-24;23-13-4-5-15-27(21-12-6-8-18-9-7-14-24-22(18)21)16-19-17-28(26-25-19)20-10-2-1-3-11-20;/h1-5,9,11-14,17-18,22,27,29H,6-8,10,15-16,19-21H2;1-3,7,9-11,14,17,21H,4-6,8,12-13,15-16,23H2;1H. The highest BCUT2D eigenvalue weighted by Gasteiger charge is 2.29. The molecule has 0 amide bonds. The van der Waals surface area contributed by atoms with Crippen LogP contribution in [0.25, 0.3) is 11.4 Å². The summed E-state index contributed by atoms with van der Waals surface area (Å²) in [5, 5.41) is 21.2. The van der Waals surface area contributed by atoms with Crippen molar-refractivity contribution >= 4 is 12.4 Å². The van der Waals surface area contributed by atoms with Crippen molar-refractivity contribution < 1.29 is 0 Å². The van der Waals surface area contributed by atoms with E-state index in [2.05, 4.69) is 83.3 Å². The van der Waals surface area contributed by atoms with Gasteiger partial charge in [0.05, 0.1) is 64.3 Å². The predicted molar refractivity (Wildman–Crippen MR) is 254 cm³/mol. The number of nitrogens with one attached hydrogen (secondary N) is 1. The first-order valence-corrected chi connectivity index (χ1v) is 22.8. The van der Waals surface area contributed by atoms with Gasteiger partial charge in [-0.25, -0.2) is 9.36 Å². The van der Waals surface area contributed by atoms with Gasteiger partial charge in [0, 0.05) is 38.2 Å². The molecule has 0 saturated carbocycles. The average molecular weight is 881 g/mol. The Balaban J connectivity index is 0.000000193. The molecule has 5 aromatic heterocycles. The summed E-state index contributed by atoms with van der Waals surface area (Å²) in [6.07, 6.45) is 21.0. The van der Waals surface area contributed by atoms with Crippen molar-refractivity contribution in [1.82, 2.24) is 60.1 Å². The van der Waals surface area contributed by atoms with E-state index in [-0.39, 0.29) is 12.4 Å². The Morgan fingerprint density at radius 1 is 0.562 bits per heavy atom. The quantitative estimate of drug-likeness (QED) is 0.0759. The summed E-state index contributed by atoms with van der Waals surface area (Å²) < 4.78 is 3.71. The number of nitrogens with two attached hydrogens (primary N) is 1. The van der Waals surface area contributed by atoms with Gasteiger partial charge in [0.15, 0.2) is 0 Å². The normalized spacial score (nSPS) is 15.5. The summed E-state index contributed by atoms with van der Waals surface area (Å²) in [6, 6.07) is 35.6. The number of para-hydroxylation sites is 2. The number of rotatable bonds is 19. The maximum absolute atomic E-state index is 5.73. The van der Waals surface area contributed by atoms with Gasteiger partial charge in [-0.05, 0) is 150 Å². The molecule has 13 nitrogen and oxygen atoms in total. The van der Waals surface area contributed by atoms with Crippen molar-refractivity contribution in [1.29, 1.82) is 0 Å². The zero-order valence-corrected chi connectivity index (χ0v) is 37.6. The molecule has 5 heterocycles. The molecule has 9 rings (SSSR count). The molecule has 64 heavy (non-hydrogen) atoms. The summed E-state index contributed by atoms with van der Waals surface area (Å²) in [4.78, 5) is 19.0. The van der Waals surface area contributed by atoms with Crippen LogP contribution >= 0.6 is 12.4 Å². The fourth-order valence-electron chi connectivity index (χ4n) is 8.89. The fourth-order valence-corrected chi connectivity index (χ4v) is 8.89. The lowest BCUT2D eigenvalue weighted by Crippen LogP contribution is -2.33. The van der Waals surface area contributed by atoms with Crippen LogP contribution in [0.5, 0.6) is 0 Å². The van der Waals surface area contributed by atoms with Gasteiger partial charge in [-0.15, -0.1) is 22.6 Å². The Bertz CT molecular complexity index is 2390. The van der Waals surface area contributed by atoms with Gasteiger partial charge < -0.3 is 11.1 Å². The van der Waals surface area contributed by atoms with Crippen molar-refractivity contribution in [2.24, 2.45) is 5.73 Å². The molecule has 2 aliphatic rings. The van der Waals surface area contributed by atoms with Crippen LogP contribution in [-0.2, 0) is 32.5 Å². The second kappa shape index (κ2) is 24.4. The highest BCUT2D eigenvalue weighted by molar-refractivity contribution is 5.85. The Morgan fingerprint density at radius 2 is 1.08 bits per heavy atom.